The van der Waals surface area contributed by atoms with Crippen LogP contribution in [0.2, 0.25) is 0 Å². The molecule has 0 bridgehead atoms. The van der Waals surface area contributed by atoms with E-state index in [0.717, 1.165) is 12.6 Å². The summed E-state index contributed by atoms with van der Waals surface area (Å²) in [7, 11) is 0. The minimum absolute atomic E-state index is 0.145. The van der Waals surface area contributed by atoms with Gasteiger partial charge in [-0.1, -0.05) is 25.3 Å². The van der Waals surface area contributed by atoms with Gasteiger partial charge in [0.15, 0.2) is 0 Å². The van der Waals surface area contributed by atoms with Gasteiger partial charge in [0, 0.05) is 24.7 Å². The lowest BCUT2D eigenvalue weighted by Crippen LogP contribution is -2.45. The molecule has 92 valence electrons. The highest BCUT2D eigenvalue weighted by atomic mass is 15.2. The van der Waals surface area contributed by atoms with Crippen LogP contribution in [-0.4, -0.2) is 29.6 Å². The van der Waals surface area contributed by atoms with Crippen molar-refractivity contribution in [3.05, 3.63) is 12.7 Å². The highest BCUT2D eigenvalue weighted by molar-refractivity contribution is 4.92. The first-order valence-electron chi connectivity index (χ1n) is 6.87. The van der Waals surface area contributed by atoms with Crippen molar-refractivity contribution in [3.63, 3.8) is 0 Å². The molecule has 2 rings (SSSR count). The van der Waals surface area contributed by atoms with Gasteiger partial charge < -0.3 is 5.73 Å². The van der Waals surface area contributed by atoms with Crippen LogP contribution in [-0.2, 0) is 0 Å². The van der Waals surface area contributed by atoms with Crippen LogP contribution in [0.3, 0.4) is 0 Å². The number of nitrogens with two attached hydrogens (primary N) is 1. The molecule has 0 radical (unpaired) electrons. The molecule has 0 amide bonds. The predicted molar refractivity (Wildman–Crippen MR) is 69.4 cm³/mol. The Morgan fingerprint density at radius 3 is 2.50 bits per heavy atom. The van der Waals surface area contributed by atoms with E-state index in [2.05, 4.69) is 11.5 Å². The standard InChI is InChI=1S/C14H26N2/c1-2-11-16(13-6-7-13)12-10-14(15)8-4-3-5-9-14/h2,13H,1,3-12,15H2. The summed E-state index contributed by atoms with van der Waals surface area (Å²) in [6.45, 7) is 6.07. The van der Waals surface area contributed by atoms with Crippen molar-refractivity contribution in [2.24, 2.45) is 5.73 Å². The average molecular weight is 222 g/mol. The van der Waals surface area contributed by atoms with Crippen molar-refractivity contribution >= 4 is 0 Å². The SMILES string of the molecule is C=CCN(CCC1(N)CCCCC1)C1CC1. The Kier molecular flexibility index (Phi) is 4.04. The second-order valence-electron chi connectivity index (χ2n) is 5.69. The third-order valence-electron chi connectivity index (χ3n) is 4.17. The second kappa shape index (κ2) is 5.33. The fourth-order valence-electron chi connectivity index (χ4n) is 2.90. The zero-order valence-electron chi connectivity index (χ0n) is 10.5. The maximum Gasteiger partial charge on any atom is 0.0166 e. The Morgan fingerprint density at radius 1 is 1.25 bits per heavy atom. The second-order valence-corrected chi connectivity index (χ2v) is 5.69. The first kappa shape index (κ1) is 12.1. The van der Waals surface area contributed by atoms with E-state index in [1.54, 1.807) is 0 Å². The van der Waals surface area contributed by atoms with Crippen LogP contribution in [0, 0.1) is 0 Å². The molecule has 2 N–H and O–H groups in total. The lowest BCUT2D eigenvalue weighted by molar-refractivity contribution is 0.214. The molecule has 0 aromatic rings. The van der Waals surface area contributed by atoms with E-state index < -0.39 is 0 Å². The van der Waals surface area contributed by atoms with Gasteiger partial charge in [0.25, 0.3) is 0 Å². The van der Waals surface area contributed by atoms with Crippen molar-refractivity contribution in [1.29, 1.82) is 0 Å². The summed E-state index contributed by atoms with van der Waals surface area (Å²) < 4.78 is 0. The Bertz CT molecular complexity index is 227. The number of rotatable bonds is 6. The molecule has 0 unspecified atom stereocenters. The molecule has 0 aromatic heterocycles. The van der Waals surface area contributed by atoms with Crippen LogP contribution in [0.1, 0.15) is 51.4 Å². The molecule has 2 nitrogen and oxygen atoms in total. The van der Waals surface area contributed by atoms with E-state index in [0.29, 0.717) is 0 Å². The summed E-state index contributed by atoms with van der Waals surface area (Å²) in [6.07, 6.45) is 12.5. The maximum absolute atomic E-state index is 6.47. The normalized spacial score (nSPS) is 24.6. The highest BCUT2D eigenvalue weighted by Crippen LogP contribution is 2.31. The van der Waals surface area contributed by atoms with E-state index in [1.165, 1.54) is 57.9 Å². The van der Waals surface area contributed by atoms with Gasteiger partial charge in [0.1, 0.15) is 0 Å². The summed E-state index contributed by atoms with van der Waals surface area (Å²) in [5.41, 5.74) is 6.62. The van der Waals surface area contributed by atoms with Crippen LogP contribution in [0.5, 0.6) is 0 Å². The quantitative estimate of drug-likeness (QED) is 0.700. The van der Waals surface area contributed by atoms with Crippen LogP contribution in [0.15, 0.2) is 12.7 Å². The van der Waals surface area contributed by atoms with E-state index >= 15 is 0 Å². The fourth-order valence-corrected chi connectivity index (χ4v) is 2.90. The van der Waals surface area contributed by atoms with Gasteiger partial charge in [-0.05, 0) is 32.1 Å². The lowest BCUT2D eigenvalue weighted by atomic mass is 9.80. The Balaban J connectivity index is 1.77. The van der Waals surface area contributed by atoms with Crippen LogP contribution in [0.25, 0.3) is 0 Å². The molecule has 0 saturated heterocycles. The van der Waals surface area contributed by atoms with Crippen LogP contribution >= 0.6 is 0 Å². The van der Waals surface area contributed by atoms with Crippen molar-refractivity contribution in [1.82, 2.24) is 4.90 Å². The molecule has 0 heterocycles. The van der Waals surface area contributed by atoms with Gasteiger partial charge in [0.05, 0.1) is 0 Å². The molecule has 2 aliphatic carbocycles. The predicted octanol–water partition coefficient (Wildman–Crippen LogP) is 2.69. The highest BCUT2D eigenvalue weighted by Gasteiger charge is 2.32. The van der Waals surface area contributed by atoms with E-state index in [4.69, 9.17) is 5.73 Å². The maximum atomic E-state index is 6.47. The zero-order chi connectivity index (χ0) is 11.4. The van der Waals surface area contributed by atoms with Gasteiger partial charge in [-0.2, -0.15) is 0 Å². The molecular formula is C14H26N2. The van der Waals surface area contributed by atoms with Crippen LogP contribution in [0.4, 0.5) is 0 Å². The molecule has 0 atom stereocenters. The third-order valence-corrected chi connectivity index (χ3v) is 4.17. The van der Waals surface area contributed by atoms with Crippen molar-refractivity contribution < 1.29 is 0 Å². The molecule has 0 aliphatic heterocycles. The summed E-state index contributed by atoms with van der Waals surface area (Å²) >= 11 is 0. The summed E-state index contributed by atoms with van der Waals surface area (Å²) in [5.74, 6) is 0. The van der Waals surface area contributed by atoms with Crippen molar-refractivity contribution in [2.75, 3.05) is 13.1 Å². The topological polar surface area (TPSA) is 29.3 Å². The Labute approximate surface area is 99.9 Å². The summed E-state index contributed by atoms with van der Waals surface area (Å²) in [4.78, 5) is 2.57. The van der Waals surface area contributed by atoms with E-state index in [9.17, 15) is 0 Å². The van der Waals surface area contributed by atoms with Gasteiger partial charge in [-0.3, -0.25) is 4.90 Å². The average Bonchev–Trinajstić information content (AvgIpc) is 3.09. The van der Waals surface area contributed by atoms with Gasteiger partial charge in [-0.25, -0.2) is 0 Å². The minimum atomic E-state index is 0.145. The lowest BCUT2D eigenvalue weighted by Gasteiger charge is -2.35. The molecule has 2 fully saturated rings. The van der Waals surface area contributed by atoms with Crippen molar-refractivity contribution in [2.45, 2.75) is 62.9 Å². The molecule has 2 saturated carbocycles. The first-order valence-corrected chi connectivity index (χ1v) is 6.87. The smallest absolute Gasteiger partial charge is 0.0166 e. The Morgan fingerprint density at radius 2 is 1.94 bits per heavy atom. The Hall–Kier alpha value is -0.340. The zero-order valence-corrected chi connectivity index (χ0v) is 10.5. The fraction of sp³-hybridized carbons (Fsp3) is 0.857. The molecular weight excluding hydrogens is 196 g/mol. The summed E-state index contributed by atoms with van der Waals surface area (Å²) in [5, 5.41) is 0. The number of nitrogens with zero attached hydrogens (tertiary/aromatic N) is 1. The molecule has 2 heteroatoms. The van der Waals surface area contributed by atoms with Crippen molar-refractivity contribution in [3.8, 4) is 0 Å². The van der Waals surface area contributed by atoms with Crippen LogP contribution < -0.4 is 5.73 Å². The van der Waals surface area contributed by atoms with E-state index in [1.807, 2.05) is 6.08 Å². The minimum Gasteiger partial charge on any atom is -0.325 e. The number of hydrogen-bond donors (Lipinski definition) is 1. The molecule has 2 aliphatic rings. The summed E-state index contributed by atoms with van der Waals surface area (Å²) in [6, 6.07) is 0.838. The van der Waals surface area contributed by atoms with E-state index in [-0.39, 0.29) is 5.54 Å². The van der Waals surface area contributed by atoms with Gasteiger partial charge in [-0.15, -0.1) is 6.58 Å². The molecule has 0 aromatic carbocycles. The van der Waals surface area contributed by atoms with Gasteiger partial charge in [0.2, 0.25) is 0 Å². The molecule has 0 spiro atoms. The third kappa shape index (κ3) is 3.33. The monoisotopic (exact) mass is 222 g/mol. The number of hydrogen-bond acceptors (Lipinski definition) is 2. The molecule has 16 heavy (non-hydrogen) atoms. The van der Waals surface area contributed by atoms with Gasteiger partial charge >= 0.3 is 0 Å². The largest absolute Gasteiger partial charge is 0.325 e. The first-order chi connectivity index (χ1) is 7.73.